The summed E-state index contributed by atoms with van der Waals surface area (Å²) >= 11 is 0. The minimum Gasteiger partial charge on any atom is -0.465 e. The van der Waals surface area contributed by atoms with Gasteiger partial charge in [0.1, 0.15) is 5.41 Å². The quantitative estimate of drug-likeness (QED) is 0.598. The van der Waals surface area contributed by atoms with Crippen molar-refractivity contribution in [3.8, 4) is 0 Å². The molecular weight excluding hydrogens is 258 g/mol. The molecule has 1 N–H and O–H groups in total. The van der Waals surface area contributed by atoms with Gasteiger partial charge in [0.15, 0.2) is 5.78 Å². The maximum atomic E-state index is 12.3. The average molecular weight is 283 g/mol. The lowest BCUT2D eigenvalue weighted by Gasteiger charge is -2.24. The van der Waals surface area contributed by atoms with Gasteiger partial charge in [0.2, 0.25) is 0 Å². The first-order valence-corrected chi connectivity index (χ1v) is 7.47. The van der Waals surface area contributed by atoms with Gasteiger partial charge < -0.3 is 9.84 Å². The first kappa shape index (κ1) is 15.4. The Bertz CT molecular complexity index is 393. The highest BCUT2D eigenvalue weighted by Crippen LogP contribution is 2.38. The van der Waals surface area contributed by atoms with E-state index in [9.17, 15) is 14.7 Å². The number of ketones is 1. The van der Waals surface area contributed by atoms with E-state index in [0.717, 1.165) is 25.9 Å². The molecule has 1 aliphatic carbocycles. The Labute approximate surface area is 120 Å². The molecule has 20 heavy (non-hydrogen) atoms. The van der Waals surface area contributed by atoms with Crippen LogP contribution in [0, 0.1) is 17.3 Å². The van der Waals surface area contributed by atoms with Crippen LogP contribution in [0.4, 0.5) is 0 Å². The van der Waals surface area contributed by atoms with Crippen LogP contribution in [0.25, 0.3) is 0 Å². The highest BCUT2D eigenvalue weighted by atomic mass is 16.5. The van der Waals surface area contributed by atoms with Gasteiger partial charge in [-0.2, -0.15) is 0 Å². The first-order chi connectivity index (χ1) is 9.36. The van der Waals surface area contributed by atoms with Gasteiger partial charge in [-0.1, -0.05) is 0 Å². The van der Waals surface area contributed by atoms with Gasteiger partial charge in [-0.05, 0) is 39.5 Å². The molecule has 2 aliphatic rings. The van der Waals surface area contributed by atoms with Crippen molar-refractivity contribution in [1.29, 1.82) is 0 Å². The van der Waals surface area contributed by atoms with Crippen molar-refractivity contribution in [2.75, 3.05) is 26.2 Å². The van der Waals surface area contributed by atoms with Crippen LogP contribution in [-0.4, -0.2) is 54.1 Å². The Hall–Kier alpha value is -0.940. The average Bonchev–Trinajstić information content (AvgIpc) is 2.92. The normalized spacial score (nSPS) is 30.3. The molecule has 0 aromatic heterocycles. The summed E-state index contributed by atoms with van der Waals surface area (Å²) in [6.45, 7) is 7.16. The zero-order valence-corrected chi connectivity index (χ0v) is 12.6. The van der Waals surface area contributed by atoms with E-state index < -0.39 is 11.4 Å². The molecule has 2 rings (SSSR count). The van der Waals surface area contributed by atoms with E-state index in [0.29, 0.717) is 11.8 Å². The SMILES string of the molecule is CCOC(=O)C(C)(C)C(=O)CN1CC2CCC(O)C2C1. The third kappa shape index (κ3) is 2.88. The van der Waals surface area contributed by atoms with Gasteiger partial charge in [-0.3, -0.25) is 14.5 Å². The molecule has 5 heteroatoms. The third-order valence-corrected chi connectivity index (χ3v) is 4.74. The fraction of sp³-hybridized carbons (Fsp3) is 0.867. The molecule has 3 unspecified atom stereocenters. The van der Waals surface area contributed by atoms with Gasteiger partial charge in [-0.25, -0.2) is 0 Å². The lowest BCUT2D eigenvalue weighted by atomic mass is 9.88. The van der Waals surface area contributed by atoms with Crippen LogP contribution in [0.5, 0.6) is 0 Å². The molecule has 114 valence electrons. The number of hydrogen-bond donors (Lipinski definition) is 1. The second-order valence-electron chi connectivity index (χ2n) is 6.53. The number of ether oxygens (including phenoxy) is 1. The number of fused-ring (bicyclic) bond motifs is 1. The largest absolute Gasteiger partial charge is 0.465 e. The standard InChI is InChI=1S/C15H25NO4/c1-4-20-14(19)15(2,3)13(18)9-16-7-10-5-6-12(17)11(10)8-16/h10-12,17H,4-9H2,1-3H3. The Kier molecular flexibility index (Phi) is 4.49. The maximum Gasteiger partial charge on any atom is 0.319 e. The number of aliphatic hydroxyl groups is 1. The van der Waals surface area contributed by atoms with Crippen molar-refractivity contribution in [3.05, 3.63) is 0 Å². The second kappa shape index (κ2) is 5.82. The van der Waals surface area contributed by atoms with Gasteiger partial charge in [0, 0.05) is 19.0 Å². The smallest absolute Gasteiger partial charge is 0.319 e. The highest BCUT2D eigenvalue weighted by molar-refractivity contribution is 6.03. The molecule has 0 aromatic carbocycles. The number of rotatable bonds is 5. The summed E-state index contributed by atoms with van der Waals surface area (Å²) in [6, 6.07) is 0. The van der Waals surface area contributed by atoms with Crippen LogP contribution in [-0.2, 0) is 14.3 Å². The molecule has 0 amide bonds. The van der Waals surface area contributed by atoms with E-state index in [1.807, 2.05) is 0 Å². The highest BCUT2D eigenvalue weighted by Gasteiger charge is 2.44. The molecular formula is C15H25NO4. The molecule has 0 bridgehead atoms. The summed E-state index contributed by atoms with van der Waals surface area (Å²) in [5.41, 5.74) is -1.09. The molecule has 1 saturated carbocycles. The monoisotopic (exact) mass is 283 g/mol. The molecule has 1 aliphatic heterocycles. The summed E-state index contributed by atoms with van der Waals surface area (Å²) in [6.07, 6.45) is 1.70. The molecule has 0 radical (unpaired) electrons. The minimum absolute atomic E-state index is 0.106. The number of Topliss-reactive ketones (excluding diaryl/α,β-unsaturated/α-hetero) is 1. The fourth-order valence-electron chi connectivity index (χ4n) is 3.28. The van der Waals surface area contributed by atoms with Crippen molar-refractivity contribution < 1.29 is 19.4 Å². The van der Waals surface area contributed by atoms with E-state index in [4.69, 9.17) is 4.74 Å². The maximum absolute atomic E-state index is 12.3. The molecule has 0 aromatic rings. The molecule has 2 fully saturated rings. The van der Waals surface area contributed by atoms with Crippen molar-refractivity contribution in [3.63, 3.8) is 0 Å². The van der Waals surface area contributed by atoms with Crippen LogP contribution in [0.15, 0.2) is 0 Å². The van der Waals surface area contributed by atoms with Crippen LogP contribution in [0.1, 0.15) is 33.6 Å². The first-order valence-electron chi connectivity index (χ1n) is 7.47. The number of likely N-dealkylation sites (tertiary alicyclic amines) is 1. The van der Waals surface area contributed by atoms with Gasteiger partial charge in [0.05, 0.1) is 19.3 Å². The lowest BCUT2D eigenvalue weighted by Crippen LogP contribution is -2.42. The number of carbonyl (C=O) groups excluding carboxylic acids is 2. The summed E-state index contributed by atoms with van der Waals surface area (Å²) in [5.74, 6) is 0.242. The number of aliphatic hydroxyl groups excluding tert-OH is 1. The van der Waals surface area contributed by atoms with E-state index in [1.54, 1.807) is 20.8 Å². The minimum atomic E-state index is -1.09. The lowest BCUT2D eigenvalue weighted by molar-refractivity contribution is -0.158. The second-order valence-corrected chi connectivity index (χ2v) is 6.53. The topological polar surface area (TPSA) is 66.8 Å². The van der Waals surface area contributed by atoms with Crippen LogP contribution >= 0.6 is 0 Å². The van der Waals surface area contributed by atoms with Gasteiger partial charge in [0.25, 0.3) is 0 Å². The summed E-state index contributed by atoms with van der Waals surface area (Å²) in [4.78, 5) is 26.2. The van der Waals surface area contributed by atoms with Gasteiger partial charge >= 0.3 is 5.97 Å². The van der Waals surface area contributed by atoms with Crippen LogP contribution in [0.2, 0.25) is 0 Å². The molecule has 1 heterocycles. The summed E-state index contributed by atoms with van der Waals surface area (Å²) in [5, 5.41) is 9.88. The summed E-state index contributed by atoms with van der Waals surface area (Å²) < 4.78 is 4.97. The van der Waals surface area contributed by atoms with E-state index in [2.05, 4.69) is 4.90 Å². The Morgan fingerprint density at radius 2 is 2.00 bits per heavy atom. The molecule has 0 spiro atoms. The molecule has 3 atom stereocenters. The van der Waals surface area contributed by atoms with Crippen molar-refractivity contribution >= 4 is 11.8 Å². The zero-order chi connectivity index (χ0) is 14.9. The van der Waals surface area contributed by atoms with E-state index >= 15 is 0 Å². The number of carbonyl (C=O) groups is 2. The van der Waals surface area contributed by atoms with Crippen LogP contribution in [0.3, 0.4) is 0 Å². The third-order valence-electron chi connectivity index (χ3n) is 4.74. The van der Waals surface area contributed by atoms with Gasteiger partial charge in [-0.15, -0.1) is 0 Å². The van der Waals surface area contributed by atoms with E-state index in [1.165, 1.54) is 0 Å². The zero-order valence-electron chi connectivity index (χ0n) is 12.6. The number of esters is 1. The molecule has 5 nitrogen and oxygen atoms in total. The Morgan fingerprint density at radius 1 is 1.30 bits per heavy atom. The van der Waals surface area contributed by atoms with E-state index in [-0.39, 0.29) is 25.0 Å². The predicted molar refractivity (Wildman–Crippen MR) is 74.1 cm³/mol. The van der Waals surface area contributed by atoms with Crippen LogP contribution < -0.4 is 0 Å². The Morgan fingerprint density at radius 3 is 2.60 bits per heavy atom. The predicted octanol–water partition coefficient (Wildman–Crippen LogP) is 0.847. The summed E-state index contributed by atoms with van der Waals surface area (Å²) in [7, 11) is 0. The Balaban J connectivity index is 1.91. The van der Waals surface area contributed by atoms with Crippen molar-refractivity contribution in [2.24, 2.45) is 17.3 Å². The van der Waals surface area contributed by atoms with Crippen molar-refractivity contribution in [1.82, 2.24) is 4.90 Å². The number of nitrogens with zero attached hydrogens (tertiary/aromatic N) is 1. The van der Waals surface area contributed by atoms with Crippen molar-refractivity contribution in [2.45, 2.75) is 39.7 Å². The number of hydrogen-bond acceptors (Lipinski definition) is 5. The molecule has 1 saturated heterocycles. The fourth-order valence-corrected chi connectivity index (χ4v) is 3.28.